The van der Waals surface area contributed by atoms with Gasteiger partial charge in [-0.25, -0.2) is 4.68 Å². The number of rotatable bonds is 11. The minimum Gasteiger partial charge on any atom is -0.497 e. The quantitative estimate of drug-likeness (QED) is 0.148. The Morgan fingerprint density at radius 1 is 0.805 bits per heavy atom. The van der Waals surface area contributed by atoms with Crippen molar-refractivity contribution in [2.75, 3.05) is 39.2 Å². The number of thioether (sulfide) groups is 1. The number of imide groups is 1. The van der Waals surface area contributed by atoms with E-state index in [-0.39, 0.29) is 34.2 Å². The lowest BCUT2D eigenvalue weighted by Gasteiger charge is -2.19. The number of ether oxygens (including phenoxy) is 4. The third-order valence-electron chi connectivity index (χ3n) is 6.48. The van der Waals surface area contributed by atoms with Crippen LogP contribution in [0.25, 0.3) is 0 Å². The molecule has 0 fully saturated rings. The Morgan fingerprint density at radius 2 is 1.41 bits per heavy atom. The molecule has 1 aliphatic heterocycles. The molecule has 2 heterocycles. The fourth-order valence-electron chi connectivity index (χ4n) is 4.47. The Balaban J connectivity index is 1.51. The van der Waals surface area contributed by atoms with Gasteiger partial charge in [-0.15, -0.1) is 10.2 Å². The molecule has 1 aromatic heterocycles. The molecule has 3 aromatic carbocycles. The van der Waals surface area contributed by atoms with Crippen LogP contribution in [0.5, 0.6) is 23.0 Å². The van der Waals surface area contributed by atoms with Gasteiger partial charge in [0.05, 0.1) is 45.3 Å². The number of benzene rings is 3. The number of nitrogens with zero attached hydrogens (tertiary/aromatic N) is 4. The molecule has 0 N–H and O–H groups in total. The normalized spacial score (nSPS) is 12.3. The fourth-order valence-corrected chi connectivity index (χ4v) is 5.30. The number of hydrogen-bond acceptors (Lipinski definition) is 10. The predicted octanol–water partition coefficient (Wildman–Crippen LogP) is 3.81. The largest absolute Gasteiger partial charge is 0.497 e. The minimum atomic E-state index is -0.514. The van der Waals surface area contributed by atoms with Crippen LogP contribution in [-0.2, 0) is 6.42 Å². The molecule has 0 saturated heterocycles. The average molecular weight is 575 g/mol. The van der Waals surface area contributed by atoms with Gasteiger partial charge in [0.25, 0.3) is 11.8 Å². The number of aromatic nitrogens is 3. The van der Waals surface area contributed by atoms with Crippen molar-refractivity contribution < 1.29 is 33.3 Å². The van der Waals surface area contributed by atoms with Gasteiger partial charge in [-0.2, -0.15) is 5.01 Å². The minimum absolute atomic E-state index is 0.00217. The number of carbonyl (C=O) groups is 3. The second kappa shape index (κ2) is 11.7. The summed E-state index contributed by atoms with van der Waals surface area (Å²) in [5.41, 5.74) is 1.74. The monoisotopic (exact) mass is 574 g/mol. The summed E-state index contributed by atoms with van der Waals surface area (Å²) in [5.74, 6) is 1.04. The zero-order valence-corrected chi connectivity index (χ0v) is 23.6. The Hall–Kier alpha value is -4.84. The Bertz CT molecular complexity index is 1570. The van der Waals surface area contributed by atoms with E-state index in [9.17, 15) is 14.4 Å². The number of amides is 2. The van der Waals surface area contributed by atoms with Crippen molar-refractivity contribution in [2.24, 2.45) is 0 Å². The highest BCUT2D eigenvalue weighted by atomic mass is 32.2. The van der Waals surface area contributed by atoms with E-state index in [1.165, 1.54) is 26.0 Å². The molecule has 0 saturated carbocycles. The van der Waals surface area contributed by atoms with Crippen LogP contribution in [0.4, 0.5) is 0 Å². The van der Waals surface area contributed by atoms with Crippen LogP contribution in [0.3, 0.4) is 0 Å². The molecule has 11 nitrogen and oxygen atoms in total. The molecule has 2 amide bonds. The molecule has 0 bridgehead atoms. The van der Waals surface area contributed by atoms with Gasteiger partial charge in [-0.1, -0.05) is 23.9 Å². The first-order valence-corrected chi connectivity index (χ1v) is 13.4. The zero-order valence-electron chi connectivity index (χ0n) is 22.7. The van der Waals surface area contributed by atoms with Crippen LogP contribution in [0, 0.1) is 0 Å². The molecule has 210 valence electrons. The average Bonchev–Trinajstić information content (AvgIpc) is 3.51. The highest BCUT2D eigenvalue weighted by molar-refractivity contribution is 7.99. The second-order valence-corrected chi connectivity index (χ2v) is 9.77. The van der Waals surface area contributed by atoms with Crippen molar-refractivity contribution in [2.45, 2.75) is 11.6 Å². The number of methoxy groups -OCH3 is 4. The van der Waals surface area contributed by atoms with E-state index in [0.717, 1.165) is 16.8 Å². The molecule has 5 rings (SSSR count). The molecule has 4 aromatic rings. The van der Waals surface area contributed by atoms with Gasteiger partial charge >= 0.3 is 0 Å². The third kappa shape index (κ3) is 5.21. The standard InChI is InChI=1S/C29H26N4O7S/c1-37-19-11-9-18(10-12-19)22(34)16-41-29-31-30-25(15-17-13-23(38-2)26(40-4)24(14-17)39-3)32(29)33-27(35)20-7-5-6-8-21(20)28(33)36/h5-14H,15-16H2,1-4H3. The van der Waals surface area contributed by atoms with Gasteiger partial charge in [0.2, 0.25) is 10.9 Å². The summed E-state index contributed by atoms with van der Waals surface area (Å²) < 4.78 is 22.9. The number of Topliss-reactive ketones (excluding diaryl/α,β-unsaturated/α-hetero) is 1. The summed E-state index contributed by atoms with van der Waals surface area (Å²) >= 11 is 1.08. The summed E-state index contributed by atoms with van der Waals surface area (Å²) in [7, 11) is 6.08. The van der Waals surface area contributed by atoms with E-state index in [2.05, 4.69) is 10.2 Å². The van der Waals surface area contributed by atoms with E-state index in [1.807, 2.05) is 0 Å². The molecule has 1 aliphatic rings. The van der Waals surface area contributed by atoms with E-state index < -0.39 is 11.8 Å². The van der Waals surface area contributed by atoms with Crippen LogP contribution < -0.4 is 24.0 Å². The molecule has 41 heavy (non-hydrogen) atoms. The van der Waals surface area contributed by atoms with Crippen molar-refractivity contribution in [3.63, 3.8) is 0 Å². The highest BCUT2D eigenvalue weighted by Crippen LogP contribution is 2.39. The number of fused-ring (bicyclic) bond motifs is 1. The predicted molar refractivity (Wildman–Crippen MR) is 150 cm³/mol. The summed E-state index contributed by atoms with van der Waals surface area (Å²) in [4.78, 5) is 39.9. The summed E-state index contributed by atoms with van der Waals surface area (Å²) in [6.45, 7) is 0. The molecule has 0 aliphatic carbocycles. The summed E-state index contributed by atoms with van der Waals surface area (Å²) in [5, 5.41) is 9.81. The summed E-state index contributed by atoms with van der Waals surface area (Å²) in [6.07, 6.45) is 0.157. The van der Waals surface area contributed by atoms with Crippen molar-refractivity contribution in [1.29, 1.82) is 0 Å². The first-order chi connectivity index (χ1) is 19.9. The van der Waals surface area contributed by atoms with Crippen LogP contribution in [0.15, 0.2) is 65.8 Å². The first kappa shape index (κ1) is 27.7. The first-order valence-electron chi connectivity index (χ1n) is 12.4. The SMILES string of the molecule is COc1ccc(C(=O)CSc2nnc(Cc3cc(OC)c(OC)c(OC)c3)n2N2C(=O)c3ccccc3C2=O)cc1. The van der Waals surface area contributed by atoms with Gasteiger partial charge in [-0.3, -0.25) is 14.4 Å². The second-order valence-electron chi connectivity index (χ2n) is 8.83. The maximum Gasteiger partial charge on any atom is 0.281 e. The molecule has 0 unspecified atom stereocenters. The Kier molecular flexibility index (Phi) is 7.92. The molecular weight excluding hydrogens is 548 g/mol. The molecular formula is C29H26N4O7S. The number of carbonyl (C=O) groups excluding carboxylic acids is 3. The smallest absolute Gasteiger partial charge is 0.281 e. The van der Waals surface area contributed by atoms with Crippen molar-refractivity contribution in [3.05, 3.63) is 88.7 Å². The lowest BCUT2D eigenvalue weighted by atomic mass is 10.1. The zero-order chi connectivity index (χ0) is 29.1. The third-order valence-corrected chi connectivity index (χ3v) is 7.40. The van der Waals surface area contributed by atoms with Gasteiger partial charge < -0.3 is 18.9 Å². The molecule has 0 atom stereocenters. The maximum absolute atomic E-state index is 13.5. The van der Waals surface area contributed by atoms with Crippen LogP contribution >= 0.6 is 11.8 Å². The lowest BCUT2D eigenvalue weighted by Crippen LogP contribution is -2.41. The Morgan fingerprint density at radius 3 is 1.95 bits per heavy atom. The number of hydrogen-bond donors (Lipinski definition) is 0. The summed E-state index contributed by atoms with van der Waals surface area (Å²) in [6, 6.07) is 16.8. The number of ketones is 1. The molecule has 12 heteroatoms. The van der Waals surface area contributed by atoms with Gasteiger partial charge in [0, 0.05) is 12.0 Å². The Labute approximate surface area is 240 Å². The molecule has 0 spiro atoms. The maximum atomic E-state index is 13.5. The molecule has 0 radical (unpaired) electrons. The van der Waals surface area contributed by atoms with Crippen LogP contribution in [0.2, 0.25) is 0 Å². The highest BCUT2D eigenvalue weighted by Gasteiger charge is 2.39. The van der Waals surface area contributed by atoms with Crippen molar-refractivity contribution in [1.82, 2.24) is 14.9 Å². The van der Waals surface area contributed by atoms with Gasteiger partial charge in [0.1, 0.15) is 5.75 Å². The van der Waals surface area contributed by atoms with E-state index in [1.54, 1.807) is 67.8 Å². The van der Waals surface area contributed by atoms with Gasteiger partial charge in [0.15, 0.2) is 23.1 Å². The van der Waals surface area contributed by atoms with E-state index in [4.69, 9.17) is 18.9 Å². The van der Waals surface area contributed by atoms with E-state index in [0.29, 0.717) is 39.9 Å². The topological polar surface area (TPSA) is 122 Å². The van der Waals surface area contributed by atoms with Gasteiger partial charge in [-0.05, 0) is 54.1 Å². The van der Waals surface area contributed by atoms with Crippen molar-refractivity contribution >= 4 is 29.4 Å². The fraction of sp³-hybridized carbons (Fsp3) is 0.207. The lowest BCUT2D eigenvalue weighted by molar-refractivity contribution is 0.0879. The van der Waals surface area contributed by atoms with E-state index >= 15 is 0 Å². The van der Waals surface area contributed by atoms with Crippen LogP contribution in [-0.4, -0.2) is 66.7 Å². The van der Waals surface area contributed by atoms with Crippen LogP contribution in [0.1, 0.15) is 42.5 Å². The van der Waals surface area contributed by atoms with Crippen molar-refractivity contribution in [3.8, 4) is 23.0 Å².